The van der Waals surface area contributed by atoms with Crippen LogP contribution in [-0.4, -0.2) is 65.3 Å². The van der Waals surface area contributed by atoms with Crippen LogP contribution in [0.2, 0.25) is 0 Å². The van der Waals surface area contributed by atoms with Gasteiger partial charge in [0.25, 0.3) is 5.91 Å². The first kappa shape index (κ1) is 24.7. The van der Waals surface area contributed by atoms with Crippen LogP contribution in [0, 0.1) is 11.6 Å². The molecule has 194 valence electrons. The van der Waals surface area contributed by atoms with Crippen LogP contribution in [0.15, 0.2) is 18.2 Å². The van der Waals surface area contributed by atoms with E-state index >= 15 is 0 Å². The molecule has 0 bridgehead atoms. The van der Waals surface area contributed by atoms with Gasteiger partial charge in [-0.2, -0.15) is 0 Å². The molecule has 5 rings (SSSR count). The van der Waals surface area contributed by atoms with Crippen LogP contribution >= 0.6 is 0 Å². The molecule has 10 heteroatoms. The summed E-state index contributed by atoms with van der Waals surface area (Å²) in [7, 11) is 0. The fraction of sp³-hybridized carbons (Fsp3) is 0.577. The van der Waals surface area contributed by atoms with Crippen molar-refractivity contribution >= 4 is 17.5 Å². The zero-order valence-corrected chi connectivity index (χ0v) is 20.8. The van der Waals surface area contributed by atoms with Gasteiger partial charge < -0.3 is 24.6 Å². The molecule has 8 nitrogen and oxygen atoms in total. The number of aromatic nitrogens is 2. The third-order valence-electron chi connectivity index (χ3n) is 6.86. The lowest BCUT2D eigenvalue weighted by Gasteiger charge is -2.35. The minimum atomic E-state index is -0.691. The summed E-state index contributed by atoms with van der Waals surface area (Å²) in [6.07, 6.45) is 3.17. The van der Waals surface area contributed by atoms with E-state index in [4.69, 9.17) is 19.4 Å². The molecule has 1 unspecified atom stereocenters. The number of carbonyl (C=O) groups is 1. The average Bonchev–Trinajstić information content (AvgIpc) is 3.40. The van der Waals surface area contributed by atoms with Crippen LogP contribution in [0.1, 0.15) is 50.9 Å². The first-order chi connectivity index (χ1) is 17.4. The van der Waals surface area contributed by atoms with Gasteiger partial charge in [0.2, 0.25) is 0 Å². The van der Waals surface area contributed by atoms with Gasteiger partial charge in [-0.3, -0.25) is 4.79 Å². The smallest absolute Gasteiger partial charge is 0.252 e. The number of anilines is 2. The Bertz CT molecular complexity index is 1100. The van der Waals surface area contributed by atoms with E-state index in [0.717, 1.165) is 41.9 Å². The van der Waals surface area contributed by atoms with Crippen LogP contribution in [0.5, 0.6) is 5.75 Å². The number of fused-ring (bicyclic) bond motifs is 1. The van der Waals surface area contributed by atoms with Crippen molar-refractivity contribution in [1.82, 2.24) is 14.9 Å². The molecule has 2 fully saturated rings. The van der Waals surface area contributed by atoms with Gasteiger partial charge in [0.1, 0.15) is 18.0 Å². The Kier molecular flexibility index (Phi) is 7.22. The third-order valence-corrected chi connectivity index (χ3v) is 6.86. The number of nitrogens with one attached hydrogen (secondary N) is 1. The van der Waals surface area contributed by atoms with Crippen LogP contribution in [0.4, 0.5) is 20.4 Å². The zero-order valence-electron chi connectivity index (χ0n) is 20.8. The molecule has 1 N–H and O–H groups in total. The number of hydrogen-bond acceptors (Lipinski definition) is 7. The highest BCUT2D eigenvalue weighted by Crippen LogP contribution is 2.31. The quantitative estimate of drug-likeness (QED) is 0.647. The Labute approximate surface area is 210 Å². The number of ether oxygens (including phenoxy) is 2. The number of benzene rings is 1. The summed E-state index contributed by atoms with van der Waals surface area (Å²) >= 11 is 0. The molecule has 36 heavy (non-hydrogen) atoms. The highest BCUT2D eigenvalue weighted by atomic mass is 19.1. The van der Waals surface area contributed by atoms with E-state index in [1.165, 1.54) is 12.1 Å². The molecule has 0 aliphatic carbocycles. The summed E-state index contributed by atoms with van der Waals surface area (Å²) in [6, 6.07) is 3.55. The van der Waals surface area contributed by atoms with E-state index in [1.807, 2.05) is 4.90 Å². The van der Waals surface area contributed by atoms with Gasteiger partial charge in [-0.15, -0.1) is 0 Å². The van der Waals surface area contributed by atoms with Crippen molar-refractivity contribution in [1.29, 1.82) is 0 Å². The average molecular weight is 502 g/mol. The van der Waals surface area contributed by atoms with Gasteiger partial charge in [-0.1, -0.05) is 0 Å². The van der Waals surface area contributed by atoms with Crippen molar-refractivity contribution in [2.75, 3.05) is 36.5 Å². The van der Waals surface area contributed by atoms with Gasteiger partial charge in [0.05, 0.1) is 17.9 Å². The molecule has 2 aromatic rings. The first-order valence-corrected chi connectivity index (χ1v) is 12.8. The molecule has 4 heterocycles. The van der Waals surface area contributed by atoms with E-state index in [2.05, 4.69) is 24.1 Å². The van der Waals surface area contributed by atoms with E-state index < -0.39 is 11.6 Å². The first-order valence-electron chi connectivity index (χ1n) is 12.8. The summed E-state index contributed by atoms with van der Waals surface area (Å²) < 4.78 is 38.7. The Morgan fingerprint density at radius 1 is 1.14 bits per heavy atom. The van der Waals surface area contributed by atoms with Crippen molar-refractivity contribution in [2.24, 2.45) is 0 Å². The number of nitrogens with zero attached hydrogens (tertiary/aromatic N) is 4. The molecule has 3 aliphatic heterocycles. The molecule has 0 spiro atoms. The maximum atomic E-state index is 14.0. The second kappa shape index (κ2) is 10.5. The summed E-state index contributed by atoms with van der Waals surface area (Å²) in [6.45, 7) is 7.12. The molecular weight excluding hydrogens is 468 g/mol. The van der Waals surface area contributed by atoms with Crippen LogP contribution in [0.3, 0.4) is 0 Å². The van der Waals surface area contributed by atoms with Crippen molar-refractivity contribution in [3.05, 3.63) is 41.2 Å². The number of piperidine rings is 1. The van der Waals surface area contributed by atoms with Crippen LogP contribution in [0.25, 0.3) is 0 Å². The van der Waals surface area contributed by atoms with Crippen LogP contribution in [-0.2, 0) is 22.5 Å². The predicted molar refractivity (Wildman–Crippen MR) is 131 cm³/mol. The lowest BCUT2D eigenvalue weighted by molar-refractivity contribution is -0.142. The summed E-state index contributed by atoms with van der Waals surface area (Å²) in [4.78, 5) is 26.8. The molecule has 0 saturated carbocycles. The summed E-state index contributed by atoms with van der Waals surface area (Å²) in [5.74, 6) is 0.302. The van der Waals surface area contributed by atoms with Gasteiger partial charge >= 0.3 is 0 Å². The maximum absolute atomic E-state index is 14.0. The number of carbonyl (C=O) groups excluding carboxylic acids is 1. The predicted octanol–water partition coefficient (Wildman–Crippen LogP) is 3.69. The molecule has 1 aromatic heterocycles. The van der Waals surface area contributed by atoms with Crippen LogP contribution < -0.4 is 15.0 Å². The SMILES string of the molecule is CC(C)Nc1nc2c(nc1N1CCC(Oc3ccc(F)cc3F)CC1)CN(C(=O)C1CCCO1)CC2. The van der Waals surface area contributed by atoms with Gasteiger partial charge in [-0.25, -0.2) is 18.7 Å². The van der Waals surface area contributed by atoms with Gasteiger partial charge in [0, 0.05) is 57.6 Å². The van der Waals surface area contributed by atoms with Crippen molar-refractivity contribution in [3.8, 4) is 5.75 Å². The molecular formula is C26H33F2N5O3. The maximum Gasteiger partial charge on any atom is 0.252 e. The molecule has 1 atom stereocenters. The van der Waals surface area contributed by atoms with Crippen molar-refractivity contribution in [3.63, 3.8) is 0 Å². The number of rotatable bonds is 6. The molecule has 0 radical (unpaired) electrons. The number of halogens is 2. The van der Waals surface area contributed by atoms with E-state index in [0.29, 0.717) is 52.0 Å². The van der Waals surface area contributed by atoms with Crippen molar-refractivity contribution in [2.45, 2.75) is 70.7 Å². The minimum Gasteiger partial charge on any atom is -0.487 e. The number of hydrogen-bond donors (Lipinski definition) is 1. The van der Waals surface area contributed by atoms with Crippen molar-refractivity contribution < 1.29 is 23.0 Å². The topological polar surface area (TPSA) is 79.8 Å². The Hall–Kier alpha value is -3.01. The normalized spacial score (nSPS) is 20.5. The standard InChI is InChI=1S/C26H33F2N5O3/c1-16(2)29-24-25(32-10-7-18(8-11-32)36-22-6-5-17(27)14-19(22)28)31-21-15-33(12-9-20(21)30-24)26(34)23-4-3-13-35-23/h5-6,14,16,18,23H,3-4,7-13,15H2,1-2H3,(H,29,30). The van der Waals surface area contributed by atoms with E-state index in [-0.39, 0.29) is 29.9 Å². The monoisotopic (exact) mass is 501 g/mol. The molecule has 1 aromatic carbocycles. The Balaban J connectivity index is 1.30. The lowest BCUT2D eigenvalue weighted by atomic mass is 10.1. The second-order valence-corrected chi connectivity index (χ2v) is 9.98. The number of amides is 1. The fourth-order valence-corrected chi connectivity index (χ4v) is 5.01. The lowest BCUT2D eigenvalue weighted by Crippen LogP contribution is -2.43. The van der Waals surface area contributed by atoms with E-state index in [1.54, 1.807) is 0 Å². The minimum absolute atomic E-state index is 0.0388. The van der Waals surface area contributed by atoms with Gasteiger partial charge in [-0.05, 0) is 38.8 Å². The largest absolute Gasteiger partial charge is 0.487 e. The molecule has 1 amide bonds. The highest BCUT2D eigenvalue weighted by molar-refractivity contribution is 5.81. The third kappa shape index (κ3) is 5.38. The molecule has 2 saturated heterocycles. The Morgan fingerprint density at radius 3 is 2.64 bits per heavy atom. The highest BCUT2D eigenvalue weighted by Gasteiger charge is 2.33. The van der Waals surface area contributed by atoms with E-state index in [9.17, 15) is 13.6 Å². The van der Waals surface area contributed by atoms with Gasteiger partial charge in [0.15, 0.2) is 23.2 Å². The Morgan fingerprint density at radius 2 is 1.94 bits per heavy atom. The zero-order chi connectivity index (χ0) is 25.2. The molecule has 3 aliphatic rings. The fourth-order valence-electron chi connectivity index (χ4n) is 5.01. The summed E-state index contributed by atoms with van der Waals surface area (Å²) in [5, 5.41) is 3.43. The second-order valence-electron chi connectivity index (χ2n) is 9.98. The summed E-state index contributed by atoms with van der Waals surface area (Å²) in [5.41, 5.74) is 1.74.